The van der Waals surface area contributed by atoms with Crippen molar-refractivity contribution in [1.82, 2.24) is 35.4 Å². The van der Waals surface area contributed by atoms with Crippen LogP contribution in [0.2, 0.25) is 0 Å². The molecule has 0 aliphatic heterocycles. The fourth-order valence-corrected chi connectivity index (χ4v) is 7.01. The van der Waals surface area contributed by atoms with Gasteiger partial charge >= 0.3 is 0 Å². The molecule has 8 aromatic rings. The van der Waals surface area contributed by atoms with Gasteiger partial charge in [-0.1, -0.05) is 121 Å². The molecule has 0 aliphatic rings. The first-order valence-electron chi connectivity index (χ1n) is 16.7. The number of fused-ring (bicyclic) bond motifs is 2. The largest absolute Gasteiger partial charge is 0.341 e. The van der Waals surface area contributed by atoms with Gasteiger partial charge < -0.3 is 10.6 Å². The van der Waals surface area contributed by atoms with Gasteiger partial charge in [0.2, 0.25) is 5.82 Å². The number of rotatable bonds is 10. The minimum absolute atomic E-state index is 0.131. The number of aromatic amines is 1. The average molecular weight is 654 g/mol. The third kappa shape index (κ3) is 5.41. The zero-order valence-electron chi connectivity index (χ0n) is 27.5. The van der Waals surface area contributed by atoms with Crippen molar-refractivity contribution in [3.63, 3.8) is 0 Å². The van der Waals surface area contributed by atoms with Crippen molar-refractivity contribution in [2.24, 2.45) is 0 Å². The van der Waals surface area contributed by atoms with Gasteiger partial charge in [0.15, 0.2) is 0 Å². The summed E-state index contributed by atoms with van der Waals surface area (Å²) in [6, 6.07) is 49.3. The van der Waals surface area contributed by atoms with Crippen LogP contribution in [0.3, 0.4) is 0 Å². The molecule has 0 fully saturated rings. The number of likely N-dealkylation sites (N-methyl/N-ethyl adjacent to an activating group) is 1. The number of aromatic nitrogens is 5. The van der Waals surface area contributed by atoms with E-state index in [1.807, 2.05) is 79.8 Å². The molecule has 244 valence electrons. The maximum absolute atomic E-state index is 13.7. The molecule has 8 rings (SSSR count). The quantitative estimate of drug-likeness (QED) is 0.133. The van der Waals surface area contributed by atoms with E-state index in [1.54, 1.807) is 12.4 Å². The van der Waals surface area contributed by atoms with E-state index < -0.39 is 5.54 Å². The maximum atomic E-state index is 13.7. The van der Waals surface area contributed by atoms with Crippen LogP contribution in [0.25, 0.3) is 33.2 Å². The number of H-pyrrole nitrogens is 1. The highest BCUT2D eigenvalue weighted by atomic mass is 16.2. The Labute approximate surface area is 289 Å². The van der Waals surface area contributed by atoms with Crippen molar-refractivity contribution >= 4 is 27.8 Å². The van der Waals surface area contributed by atoms with Crippen LogP contribution in [-0.2, 0) is 5.54 Å². The summed E-state index contributed by atoms with van der Waals surface area (Å²) in [5.74, 6) is -0.197. The van der Waals surface area contributed by atoms with E-state index in [1.165, 1.54) is 0 Å². The minimum atomic E-state index is -0.808. The van der Waals surface area contributed by atoms with Crippen molar-refractivity contribution < 1.29 is 4.79 Å². The number of nitrogens with zero attached hydrogens (tertiary/aromatic N) is 4. The fraction of sp³-hybridized carbons (Fsp3) is 0.0952. The van der Waals surface area contributed by atoms with E-state index in [9.17, 15) is 4.79 Å². The van der Waals surface area contributed by atoms with Crippen LogP contribution in [0.1, 0.15) is 38.9 Å². The highest BCUT2D eigenvalue weighted by molar-refractivity contribution is 6.03. The van der Waals surface area contributed by atoms with E-state index in [0.717, 1.165) is 44.4 Å². The van der Waals surface area contributed by atoms with Gasteiger partial charge in [0.25, 0.3) is 5.91 Å². The number of nitrogens with one attached hydrogen (secondary N) is 3. The first-order chi connectivity index (χ1) is 24.7. The van der Waals surface area contributed by atoms with Crippen molar-refractivity contribution in [2.75, 3.05) is 13.6 Å². The molecule has 50 heavy (non-hydrogen) atoms. The highest BCUT2D eigenvalue weighted by Crippen LogP contribution is 2.44. The second kappa shape index (κ2) is 13.3. The Balaban J connectivity index is 1.37. The molecule has 8 heteroatoms. The summed E-state index contributed by atoms with van der Waals surface area (Å²) in [6.07, 6.45) is 3.59. The molecule has 1 amide bonds. The standard InChI is InChI=1S/C42H35N7O/c1-43-28-37(29-14-6-2-7-15-29)47-41(50)40-45-35-26-34-38(27-36(35)46-40)49(48-39(34)30-22-24-44-25-23-30)42(31-16-8-3-9-17-31,32-18-10-4-11-19-32)33-20-12-5-13-21-33/h2-27,37,43,48H,28H2,1H3,(H,47,50)/t37-/m1/s1. The van der Waals surface area contributed by atoms with Crippen molar-refractivity contribution in [1.29, 1.82) is 0 Å². The Kier molecular flexibility index (Phi) is 8.20. The first-order valence-corrected chi connectivity index (χ1v) is 16.7. The van der Waals surface area contributed by atoms with Gasteiger partial charge in [-0.05, 0) is 53.6 Å². The molecule has 0 aliphatic carbocycles. The number of hydrogen-bond acceptors (Lipinski definition) is 5. The fourth-order valence-electron chi connectivity index (χ4n) is 7.01. The lowest BCUT2D eigenvalue weighted by Crippen LogP contribution is -2.38. The van der Waals surface area contributed by atoms with Gasteiger partial charge in [-0.25, -0.2) is 9.97 Å². The summed E-state index contributed by atoms with van der Waals surface area (Å²) in [7, 11) is 1.87. The highest BCUT2D eigenvalue weighted by Gasteiger charge is 2.40. The van der Waals surface area contributed by atoms with Gasteiger partial charge in [0.1, 0.15) is 5.54 Å². The number of carbonyl (C=O) groups is 1. The summed E-state index contributed by atoms with van der Waals surface area (Å²) in [5, 5.41) is 11.1. The van der Waals surface area contributed by atoms with Gasteiger partial charge in [0.05, 0.1) is 28.3 Å². The molecule has 0 spiro atoms. The molecule has 0 radical (unpaired) electrons. The predicted octanol–water partition coefficient (Wildman–Crippen LogP) is 7.51. The van der Waals surface area contributed by atoms with Crippen molar-refractivity contribution in [2.45, 2.75) is 11.6 Å². The van der Waals surface area contributed by atoms with Gasteiger partial charge in [-0.2, -0.15) is 0 Å². The number of imidazole rings is 1. The van der Waals surface area contributed by atoms with Crippen molar-refractivity contribution in [3.05, 3.63) is 186 Å². The summed E-state index contributed by atoms with van der Waals surface area (Å²) >= 11 is 0. The third-order valence-corrected chi connectivity index (χ3v) is 9.28. The molecular weight excluding hydrogens is 619 g/mol. The van der Waals surface area contributed by atoms with Crippen LogP contribution >= 0.6 is 0 Å². The van der Waals surface area contributed by atoms with E-state index in [-0.39, 0.29) is 17.8 Å². The molecule has 5 aromatic carbocycles. The molecule has 0 saturated heterocycles. The van der Waals surface area contributed by atoms with Gasteiger partial charge in [-0.3, -0.25) is 19.6 Å². The lowest BCUT2D eigenvalue weighted by atomic mass is 9.77. The smallest absolute Gasteiger partial charge is 0.289 e. The number of hydrogen-bond donors (Lipinski definition) is 3. The SMILES string of the molecule is CNC[C@@H](NC(=O)c1nc2cc3c(-c4ccncc4)[nH]n(C(c4ccccc4)(c4ccccc4)c4ccccc4)c3cc2n1)c1ccccc1. The maximum Gasteiger partial charge on any atom is 0.289 e. The second-order valence-corrected chi connectivity index (χ2v) is 12.3. The number of benzene rings is 5. The van der Waals surface area contributed by atoms with E-state index in [0.29, 0.717) is 17.6 Å². The molecule has 3 heterocycles. The number of amides is 1. The van der Waals surface area contributed by atoms with Crippen LogP contribution < -0.4 is 10.6 Å². The lowest BCUT2D eigenvalue weighted by Gasteiger charge is -2.37. The molecule has 3 aromatic heterocycles. The number of carbonyl (C=O) groups excluding carboxylic acids is 1. The Morgan fingerprint density at radius 1 is 0.720 bits per heavy atom. The van der Waals surface area contributed by atoms with Crippen LogP contribution in [0.4, 0.5) is 0 Å². The Hall–Kier alpha value is -6.38. The Morgan fingerprint density at radius 2 is 1.24 bits per heavy atom. The number of pyridine rings is 1. The normalized spacial score (nSPS) is 12.3. The molecule has 0 unspecified atom stereocenters. The third-order valence-electron chi connectivity index (χ3n) is 9.28. The van der Waals surface area contributed by atoms with Crippen LogP contribution in [0, 0.1) is 0 Å². The Morgan fingerprint density at radius 3 is 1.78 bits per heavy atom. The van der Waals surface area contributed by atoms with E-state index in [2.05, 4.69) is 98.2 Å². The summed E-state index contributed by atoms with van der Waals surface area (Å²) in [4.78, 5) is 27.6. The molecule has 0 bridgehead atoms. The topological polar surface area (TPSA) is 101 Å². The van der Waals surface area contributed by atoms with Crippen molar-refractivity contribution in [3.8, 4) is 11.3 Å². The Bertz CT molecular complexity index is 2280. The molecular formula is C42H35N7O. The lowest BCUT2D eigenvalue weighted by molar-refractivity contribution is 0.0927. The average Bonchev–Trinajstić information content (AvgIpc) is 3.78. The first kappa shape index (κ1) is 30.9. The van der Waals surface area contributed by atoms with Crippen LogP contribution in [0.5, 0.6) is 0 Å². The zero-order chi connectivity index (χ0) is 33.9. The summed E-state index contributed by atoms with van der Waals surface area (Å²) < 4.78 is 2.24. The monoisotopic (exact) mass is 653 g/mol. The minimum Gasteiger partial charge on any atom is -0.341 e. The van der Waals surface area contributed by atoms with Crippen LogP contribution in [-0.4, -0.2) is 44.2 Å². The molecule has 0 saturated carbocycles. The molecule has 1 atom stereocenters. The zero-order valence-corrected chi connectivity index (χ0v) is 27.5. The second-order valence-electron chi connectivity index (χ2n) is 12.3. The van der Waals surface area contributed by atoms with E-state index >= 15 is 0 Å². The van der Waals surface area contributed by atoms with E-state index in [4.69, 9.17) is 9.97 Å². The molecule has 8 nitrogen and oxygen atoms in total. The molecule has 3 N–H and O–H groups in total. The predicted molar refractivity (Wildman–Crippen MR) is 198 cm³/mol. The van der Waals surface area contributed by atoms with Crippen LogP contribution in [0.15, 0.2) is 158 Å². The summed E-state index contributed by atoms with van der Waals surface area (Å²) in [5.41, 5.74) is 7.49. The van der Waals surface area contributed by atoms with Gasteiger partial charge in [0, 0.05) is 29.9 Å². The summed E-state index contributed by atoms with van der Waals surface area (Å²) in [6.45, 7) is 0.565. The van der Waals surface area contributed by atoms with Gasteiger partial charge in [-0.15, -0.1) is 0 Å².